The Morgan fingerprint density at radius 1 is 1.16 bits per heavy atom. The lowest BCUT2D eigenvalue weighted by atomic mass is 9.99. The van der Waals surface area contributed by atoms with Crippen molar-refractivity contribution in [2.45, 2.75) is 13.8 Å². The summed E-state index contributed by atoms with van der Waals surface area (Å²) in [5.41, 5.74) is 4.15. The van der Waals surface area contributed by atoms with Crippen LogP contribution >= 0.6 is 11.3 Å². The maximum atomic E-state index is 9.22. The molecule has 0 unspecified atom stereocenters. The first-order valence-electron chi connectivity index (χ1n) is 5.92. The summed E-state index contributed by atoms with van der Waals surface area (Å²) >= 11 is 1.62. The maximum absolute atomic E-state index is 9.22. The minimum absolute atomic E-state index is 0.472. The Kier molecular flexibility index (Phi) is 2.77. The molecule has 0 radical (unpaired) electrons. The lowest BCUT2D eigenvalue weighted by Crippen LogP contribution is -1.95. The number of pyridine rings is 1. The fourth-order valence-electron chi connectivity index (χ4n) is 2.22. The molecule has 0 bridgehead atoms. The van der Waals surface area contributed by atoms with Crippen LogP contribution in [0.25, 0.3) is 22.2 Å². The van der Waals surface area contributed by atoms with Gasteiger partial charge in [-0.05, 0) is 25.5 Å². The number of aryl methyl sites for hydroxylation is 1. The van der Waals surface area contributed by atoms with E-state index in [4.69, 9.17) is 0 Å². The van der Waals surface area contributed by atoms with Gasteiger partial charge in [0, 0.05) is 16.3 Å². The van der Waals surface area contributed by atoms with Crippen LogP contribution in [-0.4, -0.2) is 9.97 Å². The number of thiazole rings is 1. The van der Waals surface area contributed by atoms with Gasteiger partial charge < -0.3 is 0 Å². The Balaban J connectivity index is 2.45. The summed E-state index contributed by atoms with van der Waals surface area (Å²) in [6.45, 7) is 3.92. The maximum Gasteiger partial charge on any atom is 0.144 e. The second kappa shape index (κ2) is 4.45. The van der Waals surface area contributed by atoms with Gasteiger partial charge in [0.05, 0.1) is 16.2 Å². The molecule has 19 heavy (non-hydrogen) atoms. The fourth-order valence-corrected chi connectivity index (χ4v) is 2.83. The van der Waals surface area contributed by atoms with Crippen LogP contribution in [0.4, 0.5) is 0 Å². The number of para-hydroxylation sites is 1. The molecule has 0 amide bonds. The van der Waals surface area contributed by atoms with Crippen molar-refractivity contribution < 1.29 is 0 Å². The van der Waals surface area contributed by atoms with Gasteiger partial charge in [-0.2, -0.15) is 5.26 Å². The Bertz CT molecular complexity index is 812. The first-order chi connectivity index (χ1) is 9.20. The predicted molar refractivity (Wildman–Crippen MR) is 77.0 cm³/mol. The number of hydrogen-bond donors (Lipinski definition) is 0. The van der Waals surface area contributed by atoms with Gasteiger partial charge in [0.1, 0.15) is 11.8 Å². The van der Waals surface area contributed by atoms with Crippen molar-refractivity contribution in [3.8, 4) is 17.3 Å². The number of aromatic nitrogens is 2. The van der Waals surface area contributed by atoms with Crippen LogP contribution in [0.3, 0.4) is 0 Å². The van der Waals surface area contributed by atoms with Gasteiger partial charge in [0.2, 0.25) is 0 Å². The van der Waals surface area contributed by atoms with E-state index >= 15 is 0 Å². The molecule has 0 aliphatic rings. The third-order valence-corrected chi connectivity index (χ3v) is 3.89. The van der Waals surface area contributed by atoms with Crippen LogP contribution in [0.5, 0.6) is 0 Å². The van der Waals surface area contributed by atoms with Crippen molar-refractivity contribution in [2.75, 3.05) is 0 Å². The smallest absolute Gasteiger partial charge is 0.144 e. The van der Waals surface area contributed by atoms with Crippen molar-refractivity contribution in [3.63, 3.8) is 0 Å². The van der Waals surface area contributed by atoms with E-state index in [0.29, 0.717) is 5.69 Å². The molecule has 0 aliphatic carbocycles. The van der Waals surface area contributed by atoms with E-state index in [1.807, 2.05) is 43.5 Å². The van der Waals surface area contributed by atoms with E-state index in [1.165, 1.54) is 0 Å². The molecular formula is C15H11N3S. The van der Waals surface area contributed by atoms with Crippen molar-refractivity contribution in [3.05, 3.63) is 45.9 Å². The minimum atomic E-state index is 0.472. The molecule has 3 aromatic rings. The average molecular weight is 265 g/mol. The number of nitriles is 1. The zero-order valence-electron chi connectivity index (χ0n) is 10.6. The highest BCUT2D eigenvalue weighted by Gasteiger charge is 2.14. The van der Waals surface area contributed by atoms with Gasteiger partial charge in [-0.15, -0.1) is 11.3 Å². The summed E-state index contributed by atoms with van der Waals surface area (Å²) in [7, 11) is 0. The van der Waals surface area contributed by atoms with Crippen LogP contribution < -0.4 is 0 Å². The highest BCUT2D eigenvalue weighted by atomic mass is 32.1. The summed E-state index contributed by atoms with van der Waals surface area (Å²) in [6, 6.07) is 10.0. The molecule has 2 heterocycles. The third-order valence-electron chi connectivity index (χ3n) is 3.12. The number of hydrogen-bond acceptors (Lipinski definition) is 4. The van der Waals surface area contributed by atoms with Crippen molar-refractivity contribution in [2.24, 2.45) is 0 Å². The van der Waals surface area contributed by atoms with E-state index < -0.39 is 0 Å². The van der Waals surface area contributed by atoms with E-state index in [-0.39, 0.29) is 0 Å². The quantitative estimate of drug-likeness (QED) is 0.671. The van der Waals surface area contributed by atoms with Gasteiger partial charge >= 0.3 is 0 Å². The largest absolute Gasteiger partial charge is 0.242 e. The highest BCUT2D eigenvalue weighted by Crippen LogP contribution is 2.32. The number of benzene rings is 1. The molecule has 2 aromatic heterocycles. The van der Waals surface area contributed by atoms with E-state index in [1.54, 1.807) is 11.3 Å². The first-order valence-corrected chi connectivity index (χ1v) is 6.80. The molecule has 0 saturated carbocycles. The van der Waals surface area contributed by atoms with Crippen molar-refractivity contribution >= 4 is 22.2 Å². The fraction of sp³-hybridized carbons (Fsp3) is 0.133. The zero-order chi connectivity index (χ0) is 13.4. The Labute approximate surface area is 115 Å². The lowest BCUT2D eigenvalue weighted by Gasteiger charge is -2.09. The molecule has 0 fully saturated rings. The number of rotatable bonds is 1. The second-order valence-electron chi connectivity index (χ2n) is 4.34. The average Bonchev–Trinajstić information content (AvgIpc) is 2.84. The molecule has 1 aromatic carbocycles. The van der Waals surface area contributed by atoms with Gasteiger partial charge in [-0.1, -0.05) is 18.2 Å². The summed E-state index contributed by atoms with van der Waals surface area (Å²) in [4.78, 5) is 8.95. The summed E-state index contributed by atoms with van der Waals surface area (Å²) in [5.74, 6) is 0. The molecule has 0 spiro atoms. The monoisotopic (exact) mass is 265 g/mol. The van der Waals surface area contributed by atoms with Crippen LogP contribution in [0, 0.1) is 25.2 Å². The Hall–Kier alpha value is -2.25. The van der Waals surface area contributed by atoms with E-state index in [2.05, 4.69) is 16.0 Å². The highest BCUT2D eigenvalue weighted by molar-refractivity contribution is 7.09. The molecule has 3 rings (SSSR count). The van der Waals surface area contributed by atoms with E-state index in [0.717, 1.165) is 32.7 Å². The summed E-state index contributed by atoms with van der Waals surface area (Å²) in [5, 5.41) is 13.3. The predicted octanol–water partition coefficient (Wildman–Crippen LogP) is 3.85. The topological polar surface area (TPSA) is 49.6 Å². The first kappa shape index (κ1) is 11.8. The molecule has 92 valence electrons. The summed E-state index contributed by atoms with van der Waals surface area (Å²) in [6.07, 6.45) is 0. The third kappa shape index (κ3) is 1.88. The molecule has 0 N–H and O–H groups in total. The van der Waals surface area contributed by atoms with Crippen LogP contribution in [0.2, 0.25) is 0 Å². The van der Waals surface area contributed by atoms with Crippen molar-refractivity contribution in [1.82, 2.24) is 9.97 Å². The number of nitrogens with zero attached hydrogens (tertiary/aromatic N) is 3. The van der Waals surface area contributed by atoms with Crippen LogP contribution in [0.1, 0.15) is 16.3 Å². The molecule has 0 aliphatic heterocycles. The Morgan fingerprint density at radius 2 is 1.95 bits per heavy atom. The minimum Gasteiger partial charge on any atom is -0.242 e. The van der Waals surface area contributed by atoms with Gasteiger partial charge in [0.15, 0.2) is 0 Å². The second-order valence-corrected chi connectivity index (χ2v) is 5.40. The standard InChI is InChI=1S/C15H11N3S/c1-9-13(7-16)18-12-6-4-3-5-11(12)15(9)14-8-19-10(2)17-14/h3-6,8H,1-2H3. The Morgan fingerprint density at radius 3 is 2.63 bits per heavy atom. The SMILES string of the molecule is Cc1nc(-c2c(C)c(C#N)nc3ccccc23)cs1. The lowest BCUT2D eigenvalue weighted by molar-refractivity contribution is 1.24. The van der Waals surface area contributed by atoms with Crippen molar-refractivity contribution in [1.29, 1.82) is 5.26 Å². The molecule has 0 saturated heterocycles. The molecular weight excluding hydrogens is 254 g/mol. The van der Waals surface area contributed by atoms with E-state index in [9.17, 15) is 5.26 Å². The number of fused-ring (bicyclic) bond motifs is 1. The zero-order valence-corrected chi connectivity index (χ0v) is 11.5. The summed E-state index contributed by atoms with van der Waals surface area (Å²) < 4.78 is 0. The van der Waals surface area contributed by atoms with Gasteiger partial charge in [-0.3, -0.25) is 0 Å². The van der Waals surface area contributed by atoms with Crippen LogP contribution in [0.15, 0.2) is 29.6 Å². The molecule has 4 heteroatoms. The molecule has 3 nitrogen and oxygen atoms in total. The molecule has 0 atom stereocenters. The normalized spacial score (nSPS) is 10.6. The van der Waals surface area contributed by atoms with Gasteiger partial charge in [0.25, 0.3) is 0 Å². The van der Waals surface area contributed by atoms with Gasteiger partial charge in [-0.25, -0.2) is 9.97 Å². The van der Waals surface area contributed by atoms with Crippen LogP contribution in [-0.2, 0) is 0 Å².